The predicted octanol–water partition coefficient (Wildman–Crippen LogP) is 3.10. The summed E-state index contributed by atoms with van der Waals surface area (Å²) in [5, 5.41) is 2.90. The second-order valence-corrected chi connectivity index (χ2v) is 11.2. The van der Waals surface area contributed by atoms with Crippen LogP contribution >= 0.6 is 0 Å². The summed E-state index contributed by atoms with van der Waals surface area (Å²) < 4.78 is 31.5. The number of carbonyl (C=O) groups excluding carboxylic acids is 2. The highest BCUT2D eigenvalue weighted by Crippen LogP contribution is 2.23. The van der Waals surface area contributed by atoms with Gasteiger partial charge in [-0.1, -0.05) is 30.3 Å². The van der Waals surface area contributed by atoms with Crippen LogP contribution in [0.4, 0.5) is 5.69 Å². The molecule has 8 nitrogen and oxygen atoms in total. The Morgan fingerprint density at radius 3 is 2.15 bits per heavy atom. The molecule has 0 spiro atoms. The maximum Gasteiger partial charge on any atom is 0.244 e. The van der Waals surface area contributed by atoms with Crippen LogP contribution < -0.4 is 14.4 Å². The summed E-state index contributed by atoms with van der Waals surface area (Å²) in [6, 6.07) is 13.3. The third kappa shape index (κ3) is 7.48. The monoisotopic (exact) mass is 489 g/mol. The number of amides is 2. The van der Waals surface area contributed by atoms with Crippen molar-refractivity contribution in [3.63, 3.8) is 0 Å². The SMILES string of the molecule is COc1ccc(CN(C(=O)CN(c2ccccc2C)S(C)(=O)=O)C(C)C(=O)NC(C)(C)C)cc1. The highest BCUT2D eigenvalue weighted by atomic mass is 32.2. The highest BCUT2D eigenvalue weighted by molar-refractivity contribution is 7.92. The Kier molecular flexibility index (Phi) is 8.72. The lowest BCUT2D eigenvalue weighted by atomic mass is 10.1. The van der Waals surface area contributed by atoms with Gasteiger partial charge in [-0.05, 0) is 63.9 Å². The largest absolute Gasteiger partial charge is 0.497 e. The number of nitrogens with one attached hydrogen (secondary N) is 1. The van der Waals surface area contributed by atoms with E-state index in [1.165, 1.54) is 4.90 Å². The van der Waals surface area contributed by atoms with Crippen LogP contribution in [0.5, 0.6) is 5.75 Å². The summed E-state index contributed by atoms with van der Waals surface area (Å²) >= 11 is 0. The first-order valence-electron chi connectivity index (χ1n) is 11.0. The molecule has 1 atom stereocenters. The molecule has 2 rings (SSSR count). The molecule has 0 aliphatic carbocycles. The normalized spacial score (nSPS) is 12.6. The summed E-state index contributed by atoms with van der Waals surface area (Å²) in [5.41, 5.74) is 1.45. The third-order valence-electron chi connectivity index (χ3n) is 5.24. The number of hydrogen-bond acceptors (Lipinski definition) is 5. The molecule has 2 aromatic rings. The molecule has 0 aliphatic heterocycles. The second kappa shape index (κ2) is 10.9. The van der Waals surface area contributed by atoms with E-state index < -0.39 is 34.1 Å². The fraction of sp³-hybridized carbons (Fsp3) is 0.440. The van der Waals surface area contributed by atoms with Crippen LogP contribution in [0.3, 0.4) is 0 Å². The fourth-order valence-corrected chi connectivity index (χ4v) is 4.33. The van der Waals surface area contributed by atoms with Gasteiger partial charge in [-0.2, -0.15) is 0 Å². The minimum Gasteiger partial charge on any atom is -0.497 e. The number of ether oxygens (including phenoxy) is 1. The quantitative estimate of drug-likeness (QED) is 0.584. The van der Waals surface area contributed by atoms with Crippen molar-refractivity contribution < 1.29 is 22.7 Å². The van der Waals surface area contributed by atoms with Gasteiger partial charge in [0.05, 0.1) is 19.1 Å². The maximum absolute atomic E-state index is 13.5. The predicted molar refractivity (Wildman–Crippen MR) is 134 cm³/mol. The first-order chi connectivity index (χ1) is 15.7. The van der Waals surface area contributed by atoms with Crippen LogP contribution in [0, 0.1) is 6.92 Å². The second-order valence-electron chi connectivity index (χ2n) is 9.34. The van der Waals surface area contributed by atoms with E-state index in [0.717, 1.165) is 21.7 Å². The Balaban J connectivity index is 2.41. The molecular formula is C25H35N3O5S. The minimum absolute atomic E-state index is 0.132. The zero-order valence-electron chi connectivity index (χ0n) is 21.0. The highest BCUT2D eigenvalue weighted by Gasteiger charge is 2.31. The first-order valence-corrected chi connectivity index (χ1v) is 12.9. The molecule has 1 unspecified atom stereocenters. The average Bonchev–Trinajstić information content (AvgIpc) is 2.74. The van der Waals surface area contributed by atoms with E-state index in [0.29, 0.717) is 11.4 Å². The van der Waals surface area contributed by atoms with E-state index in [9.17, 15) is 18.0 Å². The maximum atomic E-state index is 13.5. The van der Waals surface area contributed by atoms with E-state index in [1.807, 2.05) is 32.9 Å². The average molecular weight is 490 g/mol. The van der Waals surface area contributed by atoms with E-state index >= 15 is 0 Å². The molecule has 34 heavy (non-hydrogen) atoms. The van der Waals surface area contributed by atoms with Crippen LogP contribution in [0.2, 0.25) is 0 Å². The molecule has 0 aromatic heterocycles. The van der Waals surface area contributed by atoms with Crippen LogP contribution in [0.25, 0.3) is 0 Å². The Morgan fingerprint density at radius 1 is 1.06 bits per heavy atom. The van der Waals surface area contributed by atoms with Crippen LogP contribution in [0.1, 0.15) is 38.8 Å². The summed E-state index contributed by atoms with van der Waals surface area (Å²) in [4.78, 5) is 27.9. The summed E-state index contributed by atoms with van der Waals surface area (Å²) in [6.07, 6.45) is 1.07. The molecular weight excluding hydrogens is 454 g/mol. The molecule has 0 heterocycles. The van der Waals surface area contributed by atoms with E-state index in [4.69, 9.17) is 4.74 Å². The van der Waals surface area contributed by atoms with Crippen molar-refractivity contribution in [3.8, 4) is 5.75 Å². The standard InChI is InChI=1S/C25H35N3O5S/c1-18-10-8-9-11-22(18)28(34(7,31)32)17-23(29)27(19(2)24(30)26-25(3,4)5)16-20-12-14-21(33-6)15-13-20/h8-15,19H,16-17H2,1-7H3,(H,26,30). The number of para-hydroxylation sites is 1. The van der Waals surface area contributed by atoms with Crippen molar-refractivity contribution in [1.29, 1.82) is 0 Å². The van der Waals surface area contributed by atoms with Crippen LogP contribution in [-0.4, -0.2) is 56.6 Å². The fourth-order valence-electron chi connectivity index (χ4n) is 3.42. The Hall–Kier alpha value is -3.07. The molecule has 0 bridgehead atoms. The van der Waals surface area contributed by atoms with Crippen LogP contribution in [0.15, 0.2) is 48.5 Å². The van der Waals surface area contributed by atoms with Crippen molar-refractivity contribution in [2.24, 2.45) is 0 Å². The summed E-state index contributed by atoms with van der Waals surface area (Å²) in [5.74, 6) is -0.139. The lowest BCUT2D eigenvalue weighted by Crippen LogP contribution is -2.54. The van der Waals surface area contributed by atoms with Gasteiger partial charge in [0.2, 0.25) is 21.8 Å². The van der Waals surface area contributed by atoms with Gasteiger partial charge in [-0.3, -0.25) is 13.9 Å². The van der Waals surface area contributed by atoms with E-state index in [1.54, 1.807) is 57.4 Å². The molecule has 0 saturated carbocycles. The lowest BCUT2D eigenvalue weighted by molar-refractivity contribution is -0.140. The van der Waals surface area contributed by atoms with Gasteiger partial charge in [0, 0.05) is 12.1 Å². The minimum atomic E-state index is -3.76. The molecule has 0 fully saturated rings. The van der Waals surface area contributed by atoms with Gasteiger partial charge >= 0.3 is 0 Å². The number of sulfonamides is 1. The van der Waals surface area contributed by atoms with Crippen molar-refractivity contribution >= 4 is 27.5 Å². The summed E-state index contributed by atoms with van der Waals surface area (Å²) in [6.45, 7) is 8.71. The van der Waals surface area contributed by atoms with Crippen molar-refractivity contribution in [2.75, 3.05) is 24.2 Å². The van der Waals surface area contributed by atoms with Gasteiger partial charge in [-0.25, -0.2) is 8.42 Å². The number of hydrogen-bond donors (Lipinski definition) is 1. The van der Waals surface area contributed by atoms with Crippen LogP contribution in [-0.2, 0) is 26.2 Å². The smallest absolute Gasteiger partial charge is 0.244 e. The van der Waals surface area contributed by atoms with Gasteiger partial charge < -0.3 is 15.0 Å². The number of rotatable bonds is 9. The van der Waals surface area contributed by atoms with Crippen molar-refractivity contribution in [2.45, 2.75) is 52.7 Å². The Morgan fingerprint density at radius 2 is 1.65 bits per heavy atom. The number of aryl methyl sites for hydroxylation is 1. The zero-order chi connectivity index (χ0) is 25.7. The molecule has 0 radical (unpaired) electrons. The molecule has 186 valence electrons. The first kappa shape index (κ1) is 27.2. The Labute approximate surface area is 202 Å². The van der Waals surface area contributed by atoms with Crippen molar-refractivity contribution in [3.05, 3.63) is 59.7 Å². The van der Waals surface area contributed by atoms with Gasteiger partial charge in [0.15, 0.2) is 0 Å². The summed E-state index contributed by atoms with van der Waals surface area (Å²) in [7, 11) is -2.19. The van der Waals surface area contributed by atoms with E-state index in [-0.39, 0.29) is 12.5 Å². The zero-order valence-corrected chi connectivity index (χ0v) is 21.8. The Bertz CT molecular complexity index is 1110. The molecule has 2 amide bonds. The van der Waals surface area contributed by atoms with Gasteiger partial charge in [-0.15, -0.1) is 0 Å². The number of carbonyl (C=O) groups is 2. The van der Waals surface area contributed by atoms with E-state index in [2.05, 4.69) is 5.32 Å². The lowest BCUT2D eigenvalue weighted by Gasteiger charge is -2.33. The molecule has 0 aliphatic rings. The molecule has 9 heteroatoms. The number of nitrogens with zero attached hydrogens (tertiary/aromatic N) is 2. The van der Waals surface area contributed by atoms with Crippen molar-refractivity contribution in [1.82, 2.24) is 10.2 Å². The number of methoxy groups -OCH3 is 1. The number of benzene rings is 2. The topological polar surface area (TPSA) is 96.0 Å². The molecule has 2 aromatic carbocycles. The van der Waals surface area contributed by atoms with Gasteiger partial charge in [0.25, 0.3) is 0 Å². The number of anilines is 1. The molecule has 1 N–H and O–H groups in total. The third-order valence-corrected chi connectivity index (χ3v) is 6.37. The van der Waals surface area contributed by atoms with Gasteiger partial charge in [0.1, 0.15) is 18.3 Å². The molecule has 0 saturated heterocycles.